The standard InChI is InChI=1S/C16H27N3O5S/c1-12-10-14(13(2)24-12)15(20)17-11-16(21)6-5-8-19(9-7-16)25(22,23)18(3)4/h10,21H,5-9,11H2,1-4H3,(H,17,20)/t16-/m1/s1. The molecule has 0 aliphatic carbocycles. The highest BCUT2D eigenvalue weighted by molar-refractivity contribution is 7.86. The van der Waals surface area contributed by atoms with E-state index in [-0.39, 0.29) is 25.4 Å². The molecular weight excluding hydrogens is 346 g/mol. The minimum atomic E-state index is -3.49. The van der Waals surface area contributed by atoms with Gasteiger partial charge in [-0.15, -0.1) is 0 Å². The molecule has 0 spiro atoms. The van der Waals surface area contributed by atoms with Crippen LogP contribution in [-0.2, 0) is 10.2 Å². The van der Waals surface area contributed by atoms with E-state index in [9.17, 15) is 18.3 Å². The summed E-state index contributed by atoms with van der Waals surface area (Å²) in [5.74, 6) is 0.885. The van der Waals surface area contributed by atoms with E-state index in [4.69, 9.17) is 4.42 Å². The molecule has 1 saturated heterocycles. The van der Waals surface area contributed by atoms with E-state index in [0.29, 0.717) is 36.5 Å². The average molecular weight is 373 g/mol. The zero-order chi connectivity index (χ0) is 18.8. The molecule has 1 amide bonds. The van der Waals surface area contributed by atoms with Crippen LogP contribution in [0.15, 0.2) is 10.5 Å². The van der Waals surface area contributed by atoms with Crippen LogP contribution in [0.5, 0.6) is 0 Å². The minimum Gasteiger partial charge on any atom is -0.466 e. The van der Waals surface area contributed by atoms with Gasteiger partial charge in [-0.1, -0.05) is 0 Å². The van der Waals surface area contributed by atoms with Crippen molar-refractivity contribution < 1.29 is 22.7 Å². The van der Waals surface area contributed by atoms with Gasteiger partial charge in [0, 0.05) is 33.7 Å². The highest BCUT2D eigenvalue weighted by Gasteiger charge is 2.35. The van der Waals surface area contributed by atoms with Crippen LogP contribution in [0.3, 0.4) is 0 Å². The molecule has 2 rings (SSSR count). The van der Waals surface area contributed by atoms with Crippen molar-refractivity contribution in [2.24, 2.45) is 0 Å². The number of rotatable bonds is 5. The molecule has 1 fully saturated rings. The molecule has 1 atom stereocenters. The number of hydrogen-bond donors (Lipinski definition) is 2. The average Bonchev–Trinajstić information content (AvgIpc) is 2.74. The Balaban J connectivity index is 1.98. The molecule has 0 radical (unpaired) electrons. The van der Waals surface area contributed by atoms with Crippen LogP contribution in [0.4, 0.5) is 0 Å². The Labute approximate surface area is 149 Å². The van der Waals surface area contributed by atoms with Crippen molar-refractivity contribution in [2.75, 3.05) is 33.7 Å². The maximum atomic E-state index is 12.3. The highest BCUT2D eigenvalue weighted by atomic mass is 32.2. The zero-order valence-corrected chi connectivity index (χ0v) is 16.0. The molecule has 1 aliphatic heterocycles. The topological polar surface area (TPSA) is 103 Å². The van der Waals surface area contributed by atoms with Crippen LogP contribution in [0.1, 0.15) is 41.1 Å². The van der Waals surface area contributed by atoms with E-state index in [1.54, 1.807) is 19.9 Å². The first-order valence-corrected chi connectivity index (χ1v) is 9.70. The summed E-state index contributed by atoms with van der Waals surface area (Å²) in [5.41, 5.74) is -0.676. The number of furan rings is 1. The van der Waals surface area contributed by atoms with Gasteiger partial charge in [0.1, 0.15) is 11.5 Å². The third-order valence-corrected chi connectivity index (χ3v) is 6.47. The molecule has 1 aliphatic rings. The Bertz CT molecular complexity index is 728. The third-order valence-electron chi connectivity index (χ3n) is 4.53. The first kappa shape index (κ1) is 19.9. The van der Waals surface area contributed by atoms with E-state index >= 15 is 0 Å². The first-order valence-electron chi connectivity index (χ1n) is 8.30. The van der Waals surface area contributed by atoms with Gasteiger partial charge in [0.2, 0.25) is 0 Å². The number of amides is 1. The summed E-state index contributed by atoms with van der Waals surface area (Å²) in [6, 6.07) is 1.66. The lowest BCUT2D eigenvalue weighted by molar-refractivity contribution is 0.0264. The quantitative estimate of drug-likeness (QED) is 0.789. The maximum absolute atomic E-state index is 12.3. The summed E-state index contributed by atoms with van der Waals surface area (Å²) in [6.45, 7) is 4.13. The lowest BCUT2D eigenvalue weighted by Gasteiger charge is -2.27. The van der Waals surface area contributed by atoms with Crippen LogP contribution >= 0.6 is 0 Å². The van der Waals surface area contributed by atoms with Crippen molar-refractivity contribution in [2.45, 2.75) is 38.7 Å². The molecule has 8 nitrogen and oxygen atoms in total. The van der Waals surface area contributed by atoms with Crippen molar-refractivity contribution in [1.82, 2.24) is 13.9 Å². The Hall–Kier alpha value is -1.42. The maximum Gasteiger partial charge on any atom is 0.281 e. The molecule has 0 aromatic carbocycles. The van der Waals surface area contributed by atoms with E-state index in [1.165, 1.54) is 22.7 Å². The van der Waals surface area contributed by atoms with Crippen molar-refractivity contribution in [3.63, 3.8) is 0 Å². The summed E-state index contributed by atoms with van der Waals surface area (Å²) < 4.78 is 32.3. The van der Waals surface area contributed by atoms with Gasteiger partial charge in [-0.3, -0.25) is 4.79 Å². The van der Waals surface area contributed by atoms with Gasteiger partial charge in [-0.2, -0.15) is 17.0 Å². The molecule has 142 valence electrons. The van der Waals surface area contributed by atoms with Crippen LogP contribution in [0.25, 0.3) is 0 Å². The summed E-state index contributed by atoms with van der Waals surface area (Å²) >= 11 is 0. The van der Waals surface area contributed by atoms with Gasteiger partial charge in [-0.25, -0.2) is 0 Å². The molecule has 25 heavy (non-hydrogen) atoms. The number of aryl methyl sites for hydroxylation is 2. The van der Waals surface area contributed by atoms with Crippen molar-refractivity contribution in [1.29, 1.82) is 0 Å². The molecule has 0 saturated carbocycles. The van der Waals surface area contributed by atoms with E-state index < -0.39 is 15.8 Å². The van der Waals surface area contributed by atoms with Gasteiger partial charge in [0.25, 0.3) is 16.1 Å². The molecule has 2 N–H and O–H groups in total. The summed E-state index contributed by atoms with van der Waals surface area (Å²) in [5, 5.41) is 13.5. The number of aliphatic hydroxyl groups is 1. The van der Waals surface area contributed by atoms with Gasteiger partial charge in [0.15, 0.2) is 0 Å². The Morgan fingerprint density at radius 2 is 2.04 bits per heavy atom. The van der Waals surface area contributed by atoms with Gasteiger partial charge in [0.05, 0.1) is 11.2 Å². The zero-order valence-electron chi connectivity index (χ0n) is 15.2. The van der Waals surface area contributed by atoms with Crippen LogP contribution in [-0.4, -0.2) is 67.4 Å². The largest absolute Gasteiger partial charge is 0.466 e. The molecule has 9 heteroatoms. The Kier molecular flexibility index (Phi) is 5.93. The predicted molar refractivity (Wildman–Crippen MR) is 93.5 cm³/mol. The Morgan fingerprint density at radius 3 is 2.60 bits per heavy atom. The number of carbonyl (C=O) groups is 1. The molecule has 1 aromatic heterocycles. The van der Waals surface area contributed by atoms with Crippen molar-refractivity contribution in [3.8, 4) is 0 Å². The molecule has 0 bridgehead atoms. The molecule has 2 heterocycles. The predicted octanol–water partition coefficient (Wildman–Crippen LogP) is 0.650. The second-order valence-corrected chi connectivity index (χ2v) is 8.92. The monoisotopic (exact) mass is 373 g/mol. The highest BCUT2D eigenvalue weighted by Crippen LogP contribution is 2.24. The smallest absolute Gasteiger partial charge is 0.281 e. The van der Waals surface area contributed by atoms with E-state index in [1.807, 2.05) is 0 Å². The lowest BCUT2D eigenvalue weighted by atomic mass is 9.95. The molecule has 0 unspecified atom stereocenters. The first-order chi connectivity index (χ1) is 11.5. The minimum absolute atomic E-state index is 0.0748. The van der Waals surface area contributed by atoms with Gasteiger partial charge in [-0.05, 0) is 39.2 Å². The van der Waals surface area contributed by atoms with Crippen molar-refractivity contribution in [3.05, 3.63) is 23.2 Å². The van der Waals surface area contributed by atoms with Gasteiger partial charge < -0.3 is 14.8 Å². The number of hydrogen-bond acceptors (Lipinski definition) is 5. The fourth-order valence-corrected chi connectivity index (χ4v) is 4.13. The summed E-state index contributed by atoms with van der Waals surface area (Å²) in [4.78, 5) is 12.3. The van der Waals surface area contributed by atoms with Gasteiger partial charge >= 0.3 is 0 Å². The SMILES string of the molecule is Cc1cc(C(=O)NC[C@@]2(O)CCCN(S(=O)(=O)N(C)C)CC2)c(C)o1. The van der Waals surface area contributed by atoms with E-state index in [2.05, 4.69) is 5.32 Å². The number of carbonyl (C=O) groups excluding carboxylic acids is 1. The Morgan fingerprint density at radius 1 is 1.36 bits per heavy atom. The molecule has 1 aromatic rings. The van der Waals surface area contributed by atoms with Crippen molar-refractivity contribution >= 4 is 16.1 Å². The lowest BCUT2D eigenvalue weighted by Crippen LogP contribution is -2.45. The van der Waals surface area contributed by atoms with Crippen LogP contribution < -0.4 is 5.32 Å². The second-order valence-electron chi connectivity index (χ2n) is 6.78. The number of nitrogens with zero attached hydrogens (tertiary/aromatic N) is 2. The fourth-order valence-electron chi connectivity index (χ4n) is 2.99. The third kappa shape index (κ3) is 4.60. The number of nitrogens with one attached hydrogen (secondary N) is 1. The summed E-state index contributed by atoms with van der Waals surface area (Å²) in [7, 11) is -0.519. The molecular formula is C16H27N3O5S. The fraction of sp³-hybridized carbons (Fsp3) is 0.688. The van der Waals surface area contributed by atoms with E-state index in [0.717, 1.165) is 0 Å². The second kappa shape index (κ2) is 7.45. The normalized spacial score (nSPS) is 22.8. The van der Waals surface area contributed by atoms with Crippen LogP contribution in [0.2, 0.25) is 0 Å². The summed E-state index contributed by atoms with van der Waals surface area (Å²) in [6.07, 6.45) is 1.23. The van der Waals surface area contributed by atoms with Crippen LogP contribution in [0, 0.1) is 13.8 Å².